The highest BCUT2D eigenvalue weighted by molar-refractivity contribution is 7.13. The first-order valence-corrected chi connectivity index (χ1v) is 11.9. The summed E-state index contributed by atoms with van der Waals surface area (Å²) in [6, 6.07) is 16.3. The second-order valence-corrected chi connectivity index (χ2v) is 10.3. The number of carboxylic acids is 1. The molecule has 3 nitrogen and oxygen atoms in total. The number of carbonyl (C=O) groups is 1. The first-order valence-electron chi connectivity index (χ1n) is 10.3. The normalized spacial score (nSPS) is 20.0. The number of ether oxygens (including phenoxy) is 1. The van der Waals surface area contributed by atoms with Crippen molar-refractivity contribution in [3.63, 3.8) is 0 Å². The third-order valence-corrected chi connectivity index (χ3v) is 7.90. The van der Waals surface area contributed by atoms with Crippen molar-refractivity contribution in [1.82, 2.24) is 0 Å². The van der Waals surface area contributed by atoms with E-state index in [1.54, 1.807) is 12.1 Å². The maximum atomic E-state index is 11.5. The molecule has 162 valence electrons. The highest BCUT2D eigenvalue weighted by atomic mass is 35.5. The van der Waals surface area contributed by atoms with Gasteiger partial charge in [-0.15, -0.1) is 11.3 Å². The number of fused-ring (bicyclic) bond motifs is 3. The van der Waals surface area contributed by atoms with Gasteiger partial charge in [-0.1, -0.05) is 53.5 Å². The molecule has 1 fully saturated rings. The molecule has 1 aromatic heterocycles. The highest BCUT2D eigenvalue weighted by Crippen LogP contribution is 2.65. The van der Waals surface area contributed by atoms with Crippen LogP contribution in [0.4, 0.5) is 0 Å². The summed E-state index contributed by atoms with van der Waals surface area (Å²) in [4.78, 5) is 13.0. The average molecular weight is 475 g/mol. The molecule has 1 heterocycles. The van der Waals surface area contributed by atoms with Crippen LogP contribution in [0.25, 0.3) is 10.4 Å². The van der Waals surface area contributed by atoms with Gasteiger partial charge in [0.25, 0.3) is 0 Å². The number of hydrogen-bond donors (Lipinski definition) is 1. The van der Waals surface area contributed by atoms with Crippen LogP contribution in [0.3, 0.4) is 0 Å². The molecule has 2 aliphatic rings. The van der Waals surface area contributed by atoms with Gasteiger partial charge in [-0.25, -0.2) is 0 Å². The van der Waals surface area contributed by atoms with E-state index in [0.717, 1.165) is 11.3 Å². The summed E-state index contributed by atoms with van der Waals surface area (Å²) in [7, 11) is 0. The van der Waals surface area contributed by atoms with Crippen molar-refractivity contribution in [3.8, 4) is 16.2 Å². The Bertz CT molecular complexity index is 1120. The van der Waals surface area contributed by atoms with Crippen LogP contribution in [0, 0.1) is 6.92 Å². The number of aliphatic carboxylic acids is 1. The lowest BCUT2D eigenvalue weighted by Gasteiger charge is -2.17. The van der Waals surface area contributed by atoms with E-state index in [2.05, 4.69) is 35.7 Å². The zero-order valence-corrected chi connectivity index (χ0v) is 19.8. The third-order valence-electron chi connectivity index (χ3n) is 5.99. The molecule has 1 saturated carbocycles. The van der Waals surface area contributed by atoms with Gasteiger partial charge >= 0.3 is 5.97 Å². The number of halogens is 2. The molecule has 6 heteroatoms. The van der Waals surface area contributed by atoms with Gasteiger partial charge in [0.1, 0.15) is 15.5 Å². The monoisotopic (exact) mass is 474 g/mol. The summed E-state index contributed by atoms with van der Waals surface area (Å²) < 4.78 is 4.15. The predicted octanol–water partition coefficient (Wildman–Crippen LogP) is 6.81. The second-order valence-electron chi connectivity index (χ2n) is 7.93. The van der Waals surface area contributed by atoms with E-state index >= 15 is 0 Å². The number of rotatable bonds is 4. The summed E-state index contributed by atoms with van der Waals surface area (Å²) in [6.45, 7) is 4.30. The van der Waals surface area contributed by atoms with Crippen LogP contribution in [-0.4, -0.2) is 22.0 Å². The van der Waals surface area contributed by atoms with Crippen LogP contribution in [0.1, 0.15) is 35.6 Å². The minimum Gasteiger partial charge on any atom is -0.494 e. The van der Waals surface area contributed by atoms with E-state index in [0.29, 0.717) is 12.2 Å². The highest BCUT2D eigenvalue weighted by Gasteiger charge is 2.73. The molecule has 0 bridgehead atoms. The lowest BCUT2D eigenvalue weighted by molar-refractivity contribution is -0.140. The molecular formula is C25H24Cl2O3S. The standard InChI is InChI=1S/C13H14Cl2O3.C12H10S/c1-3-18-9-4-5-10(8(2)6-9)12(11(16)17)7-13(12,14)15;1-2-4-11-9(3-1)5-6-10-7-8-13-12(10)11/h4-6H,3,7H2,1-2H3,(H,16,17);1-4,7-8H,5-6H2. The van der Waals surface area contributed by atoms with Crippen LogP contribution in [-0.2, 0) is 23.1 Å². The van der Waals surface area contributed by atoms with E-state index in [-0.39, 0.29) is 6.42 Å². The van der Waals surface area contributed by atoms with Gasteiger partial charge in [0.2, 0.25) is 0 Å². The number of hydrogen-bond acceptors (Lipinski definition) is 3. The van der Waals surface area contributed by atoms with Gasteiger partial charge in [0, 0.05) is 11.3 Å². The molecule has 0 radical (unpaired) electrons. The fourth-order valence-electron chi connectivity index (χ4n) is 4.30. The van der Waals surface area contributed by atoms with Gasteiger partial charge in [-0.2, -0.15) is 0 Å². The average Bonchev–Trinajstić information content (AvgIpc) is 3.09. The first kappa shape index (κ1) is 22.2. The van der Waals surface area contributed by atoms with E-state index < -0.39 is 15.7 Å². The van der Waals surface area contributed by atoms with Gasteiger partial charge in [-0.3, -0.25) is 4.79 Å². The van der Waals surface area contributed by atoms with Crippen LogP contribution in [0.2, 0.25) is 0 Å². The van der Waals surface area contributed by atoms with Gasteiger partial charge in [0.05, 0.1) is 6.61 Å². The van der Waals surface area contributed by atoms with Crippen molar-refractivity contribution in [2.24, 2.45) is 0 Å². The van der Waals surface area contributed by atoms with Crippen molar-refractivity contribution in [1.29, 1.82) is 0 Å². The molecule has 5 rings (SSSR count). The molecule has 0 spiro atoms. The molecule has 1 N–H and O–H groups in total. The smallest absolute Gasteiger partial charge is 0.317 e. The first-order chi connectivity index (χ1) is 14.8. The predicted molar refractivity (Wildman–Crippen MR) is 128 cm³/mol. The number of benzene rings is 2. The molecule has 3 aromatic rings. The third kappa shape index (κ3) is 3.97. The van der Waals surface area contributed by atoms with Gasteiger partial charge in [-0.05, 0) is 78.1 Å². The van der Waals surface area contributed by atoms with Gasteiger partial charge < -0.3 is 9.84 Å². The summed E-state index contributed by atoms with van der Waals surface area (Å²) >= 11 is 13.9. The second kappa shape index (κ2) is 8.50. The van der Waals surface area contributed by atoms with Crippen LogP contribution >= 0.6 is 34.5 Å². The number of carboxylic acid groups (broad SMARTS) is 1. The Morgan fingerprint density at radius 3 is 2.48 bits per heavy atom. The minimum atomic E-state index is -1.23. The van der Waals surface area contributed by atoms with E-state index in [9.17, 15) is 9.90 Å². The summed E-state index contributed by atoms with van der Waals surface area (Å²) in [5, 5.41) is 11.6. The molecule has 31 heavy (non-hydrogen) atoms. The van der Waals surface area contributed by atoms with Crippen molar-refractivity contribution in [3.05, 3.63) is 76.2 Å². The Morgan fingerprint density at radius 2 is 1.84 bits per heavy atom. The Labute approximate surface area is 196 Å². The Hall–Kier alpha value is -2.01. The summed E-state index contributed by atoms with van der Waals surface area (Å²) in [5.41, 5.74) is 4.79. The Morgan fingerprint density at radius 1 is 1.13 bits per heavy atom. The van der Waals surface area contributed by atoms with Gasteiger partial charge in [0.15, 0.2) is 0 Å². The van der Waals surface area contributed by atoms with Crippen molar-refractivity contribution >= 4 is 40.5 Å². The molecular weight excluding hydrogens is 451 g/mol. The largest absolute Gasteiger partial charge is 0.494 e. The van der Waals surface area contributed by atoms with Crippen LogP contribution in [0.15, 0.2) is 53.9 Å². The number of aryl methyl sites for hydroxylation is 3. The molecule has 1 unspecified atom stereocenters. The number of alkyl halides is 2. The SMILES string of the molecule is CCOc1ccc(C2(C(=O)O)CC2(Cl)Cl)c(C)c1.c1ccc2c(c1)CCc1ccsc1-2. The lowest BCUT2D eigenvalue weighted by atomic mass is 9.91. The molecule has 2 aromatic carbocycles. The molecule has 0 aliphatic heterocycles. The van der Waals surface area contributed by atoms with Crippen molar-refractivity contribution in [2.45, 2.75) is 42.9 Å². The van der Waals surface area contributed by atoms with Crippen molar-refractivity contribution < 1.29 is 14.6 Å². The summed E-state index contributed by atoms with van der Waals surface area (Å²) in [6.07, 6.45) is 2.66. The van der Waals surface area contributed by atoms with E-state index in [1.165, 1.54) is 34.4 Å². The van der Waals surface area contributed by atoms with Crippen molar-refractivity contribution in [2.75, 3.05) is 6.61 Å². The molecule has 0 saturated heterocycles. The molecule has 2 aliphatic carbocycles. The summed E-state index contributed by atoms with van der Waals surface area (Å²) in [5.74, 6) is -0.269. The van der Waals surface area contributed by atoms with Crippen LogP contribution < -0.4 is 4.74 Å². The zero-order chi connectivity index (χ0) is 22.2. The number of thiophene rings is 1. The van der Waals surface area contributed by atoms with E-state index in [1.807, 2.05) is 31.3 Å². The fourth-order valence-corrected chi connectivity index (χ4v) is 6.08. The van der Waals surface area contributed by atoms with E-state index in [4.69, 9.17) is 27.9 Å². The topological polar surface area (TPSA) is 46.5 Å². The molecule has 1 atom stereocenters. The zero-order valence-electron chi connectivity index (χ0n) is 17.5. The maximum absolute atomic E-state index is 11.5. The quantitative estimate of drug-likeness (QED) is 0.422. The minimum absolute atomic E-state index is 0.229. The Balaban J connectivity index is 0.000000156. The van der Waals surface area contributed by atoms with Crippen LogP contribution in [0.5, 0.6) is 5.75 Å². The Kier molecular flexibility index (Phi) is 6.08. The lowest BCUT2D eigenvalue weighted by Crippen LogP contribution is -2.27. The maximum Gasteiger partial charge on any atom is 0.317 e. The molecule has 0 amide bonds. The fraction of sp³-hybridized carbons (Fsp3) is 0.320.